The van der Waals surface area contributed by atoms with Gasteiger partial charge in [0.25, 0.3) is 10.1 Å². The Hall–Kier alpha value is -1.27. The molecule has 1 aromatic carbocycles. The quantitative estimate of drug-likeness (QED) is 0.555. The van der Waals surface area contributed by atoms with Crippen molar-refractivity contribution in [1.29, 1.82) is 0 Å². The molecule has 0 aromatic heterocycles. The van der Waals surface area contributed by atoms with Crippen molar-refractivity contribution in [2.75, 3.05) is 0 Å². The zero-order valence-electron chi connectivity index (χ0n) is 5.80. The van der Waals surface area contributed by atoms with Crippen LogP contribution in [0.2, 0.25) is 0 Å². The number of benzene rings is 1. The molecule has 5 nitrogen and oxygen atoms in total. The fraction of sp³-hybridized carbons (Fsp3) is 0. The van der Waals surface area contributed by atoms with E-state index >= 15 is 0 Å². The van der Waals surface area contributed by atoms with Crippen LogP contribution >= 0.6 is 0 Å². The van der Waals surface area contributed by atoms with Crippen LogP contribution < -0.4 is 0 Å². The predicted octanol–water partition coefficient (Wildman–Crippen LogP) is 0.345. The van der Waals surface area contributed by atoms with Crippen LogP contribution in [0.5, 0.6) is 11.5 Å². The second-order valence-electron chi connectivity index (χ2n) is 2.16. The molecule has 0 aliphatic heterocycles. The number of hydrogen-bond acceptors (Lipinski definition) is 4. The Labute approximate surface area is 68.6 Å². The number of phenols is 2. The molecular weight excluding hydrogens is 184 g/mol. The normalized spacial score (nSPS) is 11.4. The summed E-state index contributed by atoms with van der Waals surface area (Å²) in [7, 11) is -4.37. The second-order valence-corrected chi connectivity index (χ2v) is 3.58. The Morgan fingerprint density at radius 2 is 1.42 bits per heavy atom. The van der Waals surface area contributed by atoms with Gasteiger partial charge in [-0.3, -0.25) is 4.55 Å². The second kappa shape index (κ2) is 2.65. The summed E-state index contributed by atoms with van der Waals surface area (Å²) in [6.07, 6.45) is 0. The van der Waals surface area contributed by atoms with Crippen molar-refractivity contribution in [2.24, 2.45) is 0 Å². The monoisotopic (exact) mass is 190 g/mol. The van der Waals surface area contributed by atoms with E-state index in [1.54, 1.807) is 0 Å². The molecule has 0 heterocycles. The number of hydrogen-bond donors (Lipinski definition) is 3. The van der Waals surface area contributed by atoms with Crippen LogP contribution in [0.15, 0.2) is 23.1 Å². The van der Waals surface area contributed by atoms with Crippen molar-refractivity contribution in [2.45, 2.75) is 4.90 Å². The minimum Gasteiger partial charge on any atom is -0.508 e. The van der Waals surface area contributed by atoms with Gasteiger partial charge in [-0.05, 0) is 0 Å². The molecule has 0 unspecified atom stereocenters. The molecule has 6 heteroatoms. The van der Waals surface area contributed by atoms with E-state index in [9.17, 15) is 8.42 Å². The fourth-order valence-corrected chi connectivity index (χ4v) is 1.26. The highest BCUT2D eigenvalue weighted by molar-refractivity contribution is 7.85. The minimum atomic E-state index is -4.37. The Morgan fingerprint density at radius 3 is 1.75 bits per heavy atom. The number of phenolic OH excluding ortho intramolecular Hbond substituents is 2. The van der Waals surface area contributed by atoms with Crippen molar-refractivity contribution in [3.8, 4) is 11.5 Å². The van der Waals surface area contributed by atoms with Gasteiger partial charge in [-0.15, -0.1) is 0 Å². The molecule has 0 fully saturated rings. The van der Waals surface area contributed by atoms with E-state index in [2.05, 4.69) is 0 Å². The van der Waals surface area contributed by atoms with Crippen LogP contribution in [0.4, 0.5) is 0 Å². The average molecular weight is 190 g/mol. The van der Waals surface area contributed by atoms with E-state index < -0.39 is 26.5 Å². The van der Waals surface area contributed by atoms with Gasteiger partial charge in [-0.2, -0.15) is 8.42 Å². The molecule has 66 valence electrons. The third-order valence-corrected chi connectivity index (χ3v) is 2.01. The van der Waals surface area contributed by atoms with Crippen molar-refractivity contribution >= 4 is 10.1 Å². The highest BCUT2D eigenvalue weighted by Gasteiger charge is 2.11. The molecule has 0 saturated carbocycles. The van der Waals surface area contributed by atoms with E-state index in [4.69, 9.17) is 14.8 Å². The molecule has 0 radical (unpaired) electrons. The molecule has 1 rings (SSSR count). The molecule has 1 aromatic rings. The average Bonchev–Trinajstić information content (AvgIpc) is 1.82. The molecular formula is C6H6O5S. The Morgan fingerprint density at radius 1 is 1.00 bits per heavy atom. The van der Waals surface area contributed by atoms with E-state index in [-0.39, 0.29) is 0 Å². The van der Waals surface area contributed by atoms with E-state index in [0.717, 1.165) is 18.2 Å². The summed E-state index contributed by atoms with van der Waals surface area (Å²) < 4.78 is 29.4. The minimum absolute atomic E-state index is 0.428. The number of rotatable bonds is 1. The molecule has 0 aliphatic carbocycles. The standard InChI is InChI=1S/C6H6O5S/c7-4-1-5(8)3-6(2-4)12(9,10)11/h1-3,7-8H,(H,9,10,11). The van der Waals surface area contributed by atoms with Crippen LogP contribution in [0.25, 0.3) is 0 Å². The topological polar surface area (TPSA) is 94.8 Å². The van der Waals surface area contributed by atoms with Gasteiger partial charge in [0.2, 0.25) is 0 Å². The van der Waals surface area contributed by atoms with E-state index in [1.165, 1.54) is 0 Å². The maximum atomic E-state index is 10.5. The highest BCUT2D eigenvalue weighted by atomic mass is 32.2. The van der Waals surface area contributed by atoms with Gasteiger partial charge in [-0.1, -0.05) is 0 Å². The van der Waals surface area contributed by atoms with Crippen LogP contribution in [0, 0.1) is 0 Å². The summed E-state index contributed by atoms with van der Waals surface area (Å²) in [4.78, 5) is -0.542. The maximum Gasteiger partial charge on any atom is 0.294 e. The molecule has 12 heavy (non-hydrogen) atoms. The van der Waals surface area contributed by atoms with Crippen LogP contribution in [0.3, 0.4) is 0 Å². The molecule has 0 atom stereocenters. The molecule has 0 saturated heterocycles. The molecule has 0 aliphatic rings. The van der Waals surface area contributed by atoms with Crippen LogP contribution in [-0.2, 0) is 10.1 Å². The van der Waals surface area contributed by atoms with Gasteiger partial charge < -0.3 is 10.2 Å². The van der Waals surface area contributed by atoms with Crippen molar-refractivity contribution in [1.82, 2.24) is 0 Å². The summed E-state index contributed by atoms with van der Waals surface area (Å²) in [5.74, 6) is -0.856. The Kier molecular flexibility index (Phi) is 1.95. The van der Waals surface area contributed by atoms with Crippen molar-refractivity contribution in [3.05, 3.63) is 18.2 Å². The SMILES string of the molecule is O=S(=O)(O)c1cc(O)cc(O)c1. The van der Waals surface area contributed by atoms with E-state index in [0.29, 0.717) is 0 Å². The summed E-state index contributed by atoms with van der Waals surface area (Å²) >= 11 is 0. The fourth-order valence-electron chi connectivity index (χ4n) is 0.717. The Bertz CT molecular complexity index is 374. The summed E-state index contributed by atoms with van der Waals surface area (Å²) in [6, 6.07) is 2.61. The number of aromatic hydroxyl groups is 2. The highest BCUT2D eigenvalue weighted by Crippen LogP contribution is 2.23. The first-order chi connectivity index (χ1) is 5.39. The van der Waals surface area contributed by atoms with Crippen LogP contribution in [0.1, 0.15) is 0 Å². The Balaban J connectivity index is 3.37. The van der Waals surface area contributed by atoms with Gasteiger partial charge in [0.1, 0.15) is 16.4 Å². The van der Waals surface area contributed by atoms with E-state index in [1.807, 2.05) is 0 Å². The zero-order valence-corrected chi connectivity index (χ0v) is 6.61. The third kappa shape index (κ3) is 1.86. The van der Waals surface area contributed by atoms with Gasteiger partial charge >= 0.3 is 0 Å². The largest absolute Gasteiger partial charge is 0.508 e. The first kappa shape index (κ1) is 8.82. The lowest BCUT2D eigenvalue weighted by molar-refractivity contribution is 0.442. The maximum absolute atomic E-state index is 10.5. The third-order valence-electron chi connectivity index (χ3n) is 1.17. The molecule has 3 N–H and O–H groups in total. The smallest absolute Gasteiger partial charge is 0.294 e. The zero-order chi connectivity index (χ0) is 9.35. The van der Waals surface area contributed by atoms with Crippen LogP contribution in [-0.4, -0.2) is 23.2 Å². The molecule has 0 spiro atoms. The summed E-state index contributed by atoms with van der Waals surface area (Å²) in [6.45, 7) is 0. The summed E-state index contributed by atoms with van der Waals surface area (Å²) in [5.41, 5.74) is 0. The first-order valence-electron chi connectivity index (χ1n) is 2.90. The van der Waals surface area contributed by atoms with Crippen molar-refractivity contribution < 1.29 is 23.2 Å². The molecule has 0 bridgehead atoms. The lowest BCUT2D eigenvalue weighted by Crippen LogP contribution is -1.96. The van der Waals surface area contributed by atoms with Gasteiger partial charge in [-0.25, -0.2) is 0 Å². The predicted molar refractivity (Wildman–Crippen MR) is 39.6 cm³/mol. The van der Waals surface area contributed by atoms with Gasteiger partial charge in [0, 0.05) is 18.2 Å². The molecule has 0 amide bonds. The summed E-state index contributed by atoms with van der Waals surface area (Å²) in [5, 5.41) is 17.6. The first-order valence-corrected chi connectivity index (χ1v) is 4.34. The van der Waals surface area contributed by atoms with Gasteiger partial charge in [0.05, 0.1) is 0 Å². The van der Waals surface area contributed by atoms with Crippen molar-refractivity contribution in [3.63, 3.8) is 0 Å². The lowest BCUT2D eigenvalue weighted by Gasteiger charge is -1.98. The van der Waals surface area contributed by atoms with Gasteiger partial charge in [0.15, 0.2) is 0 Å². The lowest BCUT2D eigenvalue weighted by atomic mass is 10.3.